The Morgan fingerprint density at radius 3 is 2.40 bits per heavy atom. The standard InChI is InChI=1S/C10H14BrNO3/c1-14-9-4-7(11)10(15-2)3-6(9)8(12)5-13/h3-4,8,13H,5,12H2,1-2H3. The van der Waals surface area contributed by atoms with Crippen LogP contribution in [0.3, 0.4) is 0 Å². The topological polar surface area (TPSA) is 64.7 Å². The molecule has 0 aliphatic rings. The number of methoxy groups -OCH3 is 2. The van der Waals surface area contributed by atoms with Crippen LogP contribution in [-0.4, -0.2) is 25.9 Å². The van der Waals surface area contributed by atoms with Gasteiger partial charge in [-0.3, -0.25) is 0 Å². The molecule has 1 aromatic carbocycles. The van der Waals surface area contributed by atoms with E-state index in [1.165, 1.54) is 0 Å². The van der Waals surface area contributed by atoms with Crippen LogP contribution in [0.25, 0.3) is 0 Å². The number of hydrogen-bond donors (Lipinski definition) is 2. The minimum atomic E-state index is -0.470. The first-order valence-electron chi connectivity index (χ1n) is 4.41. The highest BCUT2D eigenvalue weighted by Gasteiger charge is 2.14. The fraction of sp³-hybridized carbons (Fsp3) is 0.400. The van der Waals surface area contributed by atoms with Gasteiger partial charge in [0.25, 0.3) is 0 Å². The normalized spacial score (nSPS) is 12.3. The summed E-state index contributed by atoms with van der Waals surface area (Å²) in [5.74, 6) is 1.29. The van der Waals surface area contributed by atoms with E-state index in [9.17, 15) is 0 Å². The third-order valence-corrected chi connectivity index (χ3v) is 2.72. The Morgan fingerprint density at radius 2 is 1.93 bits per heavy atom. The molecule has 0 fully saturated rings. The summed E-state index contributed by atoms with van der Waals surface area (Å²) < 4.78 is 11.1. The van der Waals surface area contributed by atoms with Crippen LogP contribution < -0.4 is 15.2 Å². The molecule has 1 rings (SSSR count). The van der Waals surface area contributed by atoms with Crippen molar-refractivity contribution in [2.75, 3.05) is 20.8 Å². The number of aliphatic hydroxyl groups excluding tert-OH is 1. The monoisotopic (exact) mass is 275 g/mol. The third-order valence-electron chi connectivity index (χ3n) is 2.10. The van der Waals surface area contributed by atoms with Gasteiger partial charge >= 0.3 is 0 Å². The molecule has 84 valence electrons. The first-order valence-corrected chi connectivity index (χ1v) is 5.21. The fourth-order valence-electron chi connectivity index (χ4n) is 1.27. The van der Waals surface area contributed by atoms with E-state index in [1.807, 2.05) is 0 Å². The lowest BCUT2D eigenvalue weighted by atomic mass is 10.1. The van der Waals surface area contributed by atoms with E-state index in [4.69, 9.17) is 20.3 Å². The van der Waals surface area contributed by atoms with E-state index < -0.39 is 6.04 Å². The van der Waals surface area contributed by atoms with Crippen LogP contribution in [0.2, 0.25) is 0 Å². The smallest absolute Gasteiger partial charge is 0.133 e. The van der Waals surface area contributed by atoms with Crippen molar-refractivity contribution >= 4 is 15.9 Å². The van der Waals surface area contributed by atoms with Gasteiger partial charge < -0.3 is 20.3 Å². The molecule has 0 bridgehead atoms. The van der Waals surface area contributed by atoms with Crippen molar-refractivity contribution in [1.29, 1.82) is 0 Å². The van der Waals surface area contributed by atoms with Crippen molar-refractivity contribution in [3.8, 4) is 11.5 Å². The number of halogens is 1. The van der Waals surface area contributed by atoms with Gasteiger partial charge in [-0.1, -0.05) is 0 Å². The van der Waals surface area contributed by atoms with Gasteiger partial charge in [-0.2, -0.15) is 0 Å². The Hall–Kier alpha value is -0.780. The third kappa shape index (κ3) is 2.62. The van der Waals surface area contributed by atoms with E-state index in [1.54, 1.807) is 26.4 Å². The predicted molar refractivity (Wildman–Crippen MR) is 61.3 cm³/mol. The highest BCUT2D eigenvalue weighted by molar-refractivity contribution is 9.10. The van der Waals surface area contributed by atoms with Gasteiger partial charge in [-0.15, -0.1) is 0 Å². The molecule has 1 atom stereocenters. The van der Waals surface area contributed by atoms with E-state index in [0.29, 0.717) is 11.5 Å². The highest BCUT2D eigenvalue weighted by Crippen LogP contribution is 2.34. The van der Waals surface area contributed by atoms with Gasteiger partial charge in [-0.05, 0) is 28.1 Å². The minimum absolute atomic E-state index is 0.138. The first-order chi connectivity index (χ1) is 7.13. The first kappa shape index (κ1) is 12.3. The maximum Gasteiger partial charge on any atom is 0.133 e. The summed E-state index contributed by atoms with van der Waals surface area (Å²) in [4.78, 5) is 0. The summed E-state index contributed by atoms with van der Waals surface area (Å²) in [5.41, 5.74) is 6.47. The number of rotatable bonds is 4. The molecule has 0 heterocycles. The summed E-state index contributed by atoms with van der Waals surface area (Å²) in [6.45, 7) is -0.138. The van der Waals surface area contributed by atoms with Crippen LogP contribution in [0, 0.1) is 0 Å². The lowest BCUT2D eigenvalue weighted by Crippen LogP contribution is -2.15. The van der Waals surface area contributed by atoms with Gasteiger partial charge in [-0.25, -0.2) is 0 Å². The quantitative estimate of drug-likeness (QED) is 0.873. The van der Waals surface area contributed by atoms with Gasteiger partial charge in [0.2, 0.25) is 0 Å². The van der Waals surface area contributed by atoms with Crippen LogP contribution in [0.1, 0.15) is 11.6 Å². The van der Waals surface area contributed by atoms with Crippen LogP contribution in [-0.2, 0) is 0 Å². The zero-order valence-corrected chi connectivity index (χ0v) is 10.2. The number of aliphatic hydroxyl groups is 1. The second-order valence-corrected chi connectivity index (χ2v) is 3.87. The summed E-state index contributed by atoms with van der Waals surface area (Å²) in [6, 6.07) is 3.05. The summed E-state index contributed by atoms with van der Waals surface area (Å²) in [7, 11) is 3.13. The lowest BCUT2D eigenvalue weighted by Gasteiger charge is -2.15. The average molecular weight is 276 g/mol. The van der Waals surface area contributed by atoms with E-state index >= 15 is 0 Å². The number of ether oxygens (including phenoxy) is 2. The van der Waals surface area contributed by atoms with Gasteiger partial charge in [0.1, 0.15) is 11.5 Å². The maximum atomic E-state index is 9.01. The van der Waals surface area contributed by atoms with Crippen molar-refractivity contribution < 1.29 is 14.6 Å². The van der Waals surface area contributed by atoms with E-state index in [2.05, 4.69) is 15.9 Å². The molecular weight excluding hydrogens is 262 g/mol. The second kappa shape index (κ2) is 5.34. The summed E-state index contributed by atoms with van der Waals surface area (Å²) >= 11 is 3.34. The molecular formula is C10H14BrNO3. The molecule has 0 radical (unpaired) electrons. The zero-order valence-electron chi connectivity index (χ0n) is 8.66. The zero-order chi connectivity index (χ0) is 11.4. The fourth-order valence-corrected chi connectivity index (χ4v) is 1.76. The van der Waals surface area contributed by atoms with E-state index in [0.717, 1.165) is 10.0 Å². The molecule has 3 N–H and O–H groups in total. The Morgan fingerprint density at radius 1 is 1.33 bits per heavy atom. The van der Waals surface area contributed by atoms with Crippen LogP contribution in [0.5, 0.6) is 11.5 Å². The summed E-state index contributed by atoms with van der Waals surface area (Å²) in [5, 5.41) is 9.01. The highest BCUT2D eigenvalue weighted by atomic mass is 79.9. The lowest BCUT2D eigenvalue weighted by molar-refractivity contribution is 0.264. The molecule has 0 aliphatic carbocycles. The van der Waals surface area contributed by atoms with Crippen LogP contribution in [0.15, 0.2) is 16.6 Å². The van der Waals surface area contributed by atoms with Crippen molar-refractivity contribution in [2.45, 2.75) is 6.04 Å². The van der Waals surface area contributed by atoms with Crippen molar-refractivity contribution in [2.24, 2.45) is 5.73 Å². The SMILES string of the molecule is COc1cc(C(N)CO)c(OC)cc1Br. The molecule has 5 heteroatoms. The molecule has 0 saturated carbocycles. The van der Waals surface area contributed by atoms with Gasteiger partial charge in [0.15, 0.2) is 0 Å². The molecule has 0 aliphatic heterocycles. The Kier molecular flexibility index (Phi) is 4.38. The van der Waals surface area contributed by atoms with E-state index in [-0.39, 0.29) is 6.61 Å². The Labute approximate surface area is 97.1 Å². The largest absolute Gasteiger partial charge is 0.496 e. The van der Waals surface area contributed by atoms with Crippen LogP contribution in [0.4, 0.5) is 0 Å². The van der Waals surface area contributed by atoms with Gasteiger partial charge in [0.05, 0.1) is 31.3 Å². The van der Waals surface area contributed by atoms with Crippen molar-refractivity contribution in [3.05, 3.63) is 22.2 Å². The molecule has 0 amide bonds. The molecule has 1 aromatic rings. The molecule has 0 spiro atoms. The number of nitrogens with two attached hydrogens (primary N) is 1. The molecule has 0 aromatic heterocycles. The van der Waals surface area contributed by atoms with Crippen LogP contribution >= 0.6 is 15.9 Å². The Balaban J connectivity index is 3.22. The minimum Gasteiger partial charge on any atom is -0.496 e. The van der Waals surface area contributed by atoms with Crippen molar-refractivity contribution in [1.82, 2.24) is 0 Å². The second-order valence-electron chi connectivity index (χ2n) is 3.02. The molecule has 4 nitrogen and oxygen atoms in total. The molecule has 1 unspecified atom stereocenters. The van der Waals surface area contributed by atoms with Crippen molar-refractivity contribution in [3.63, 3.8) is 0 Å². The predicted octanol–water partition coefficient (Wildman–Crippen LogP) is 1.46. The summed E-state index contributed by atoms with van der Waals surface area (Å²) in [6.07, 6.45) is 0. The average Bonchev–Trinajstić information content (AvgIpc) is 2.27. The maximum absolute atomic E-state index is 9.01. The number of hydrogen-bond acceptors (Lipinski definition) is 4. The number of benzene rings is 1. The molecule has 15 heavy (non-hydrogen) atoms. The Bertz CT molecular complexity index is 344. The molecule has 0 saturated heterocycles. The van der Waals surface area contributed by atoms with Gasteiger partial charge in [0, 0.05) is 5.56 Å².